The zero-order valence-electron chi connectivity index (χ0n) is 22.4. The molecule has 3 aliphatic rings. The van der Waals surface area contributed by atoms with Crippen LogP contribution in [-0.2, 0) is 23.4 Å². The molecule has 2 unspecified atom stereocenters. The third-order valence-corrected chi connectivity index (χ3v) is 9.59. The summed E-state index contributed by atoms with van der Waals surface area (Å²) in [5, 5.41) is 17.6. The fourth-order valence-electron chi connectivity index (χ4n) is 6.83. The molecule has 1 aromatic heterocycles. The Morgan fingerprint density at radius 1 is 1.08 bits per heavy atom. The molecule has 3 aliphatic carbocycles. The quantitative estimate of drug-likeness (QED) is 0.279. The lowest BCUT2D eigenvalue weighted by atomic mass is 9.69. The maximum atomic E-state index is 12.1. The van der Waals surface area contributed by atoms with Gasteiger partial charge in [0.25, 0.3) is 0 Å². The average Bonchev–Trinajstić information content (AvgIpc) is 3.65. The second-order valence-electron chi connectivity index (χ2n) is 12.2. The van der Waals surface area contributed by atoms with Crippen molar-refractivity contribution in [3.8, 4) is 11.3 Å². The first-order valence-electron chi connectivity index (χ1n) is 13.9. The van der Waals surface area contributed by atoms with Gasteiger partial charge >= 0.3 is 0 Å². The third-order valence-electron chi connectivity index (χ3n) is 8.96. The molecule has 3 saturated carbocycles. The van der Waals surface area contributed by atoms with Crippen LogP contribution >= 0.6 is 23.2 Å². The van der Waals surface area contributed by atoms with E-state index in [1.54, 1.807) is 0 Å². The van der Waals surface area contributed by atoms with E-state index in [1.165, 1.54) is 0 Å². The Hall–Kier alpha value is -2.36. The van der Waals surface area contributed by atoms with Crippen LogP contribution in [-0.4, -0.2) is 21.9 Å². The van der Waals surface area contributed by atoms with Crippen molar-refractivity contribution >= 4 is 23.2 Å². The highest BCUT2D eigenvalue weighted by atomic mass is 35.5. The van der Waals surface area contributed by atoms with Crippen molar-refractivity contribution in [2.45, 2.75) is 88.6 Å². The van der Waals surface area contributed by atoms with Crippen LogP contribution in [0.2, 0.25) is 10.0 Å². The van der Waals surface area contributed by atoms with E-state index < -0.39 is 11.1 Å². The summed E-state index contributed by atoms with van der Waals surface area (Å²) in [7, 11) is 0. The number of fused-ring (bicyclic) bond motifs is 2. The van der Waals surface area contributed by atoms with Gasteiger partial charge < -0.3 is 19.2 Å². The van der Waals surface area contributed by atoms with E-state index in [2.05, 4.69) is 28.2 Å². The maximum absolute atomic E-state index is 12.1. The Morgan fingerprint density at radius 3 is 2.38 bits per heavy atom. The van der Waals surface area contributed by atoms with E-state index in [-0.39, 0.29) is 17.9 Å². The monoisotopic (exact) mass is 564 g/mol. The number of aliphatic hydroxyl groups is 1. The molecule has 2 bridgehead atoms. The topological polar surface area (TPSA) is 59.9 Å². The molecule has 0 spiro atoms. The fourth-order valence-corrected chi connectivity index (χ4v) is 7.40. The molecule has 1 heterocycles. The summed E-state index contributed by atoms with van der Waals surface area (Å²) in [6.07, 6.45) is 6.47. The highest BCUT2D eigenvalue weighted by molar-refractivity contribution is 6.39. The number of rotatable bonds is 8. The molecule has 6 rings (SSSR count). The van der Waals surface area contributed by atoms with Crippen LogP contribution in [0.25, 0.3) is 16.1 Å². The lowest BCUT2D eigenvalue weighted by molar-refractivity contribution is -0.116. The number of hydrogen-bond acceptors (Lipinski definition) is 4. The Balaban J connectivity index is 1.21. The van der Waals surface area contributed by atoms with Crippen LogP contribution in [0.1, 0.15) is 80.7 Å². The van der Waals surface area contributed by atoms with Crippen molar-refractivity contribution in [3.63, 3.8) is 0 Å². The summed E-state index contributed by atoms with van der Waals surface area (Å²) in [6, 6.07) is 13.7. The van der Waals surface area contributed by atoms with E-state index in [1.807, 2.05) is 38.1 Å². The molecule has 0 aliphatic heterocycles. The predicted octanol–water partition coefficient (Wildman–Crippen LogP) is 8.36. The van der Waals surface area contributed by atoms with Crippen molar-refractivity contribution in [2.75, 3.05) is 0 Å². The third kappa shape index (κ3) is 5.02. The molecule has 7 heteroatoms. The maximum Gasteiger partial charge on any atom is 0.231 e. The van der Waals surface area contributed by atoms with Gasteiger partial charge in [0.2, 0.25) is 5.54 Å². The summed E-state index contributed by atoms with van der Waals surface area (Å²) < 4.78 is 12.4. The molecule has 39 heavy (non-hydrogen) atoms. The zero-order valence-corrected chi connectivity index (χ0v) is 23.9. The van der Waals surface area contributed by atoms with E-state index >= 15 is 0 Å². The molecule has 5 nitrogen and oxygen atoms in total. The van der Waals surface area contributed by atoms with Crippen molar-refractivity contribution in [1.29, 1.82) is 0 Å². The molecule has 204 valence electrons. The minimum Gasteiger partial charge on any atom is -0.385 e. The number of aromatic nitrogens is 1. The molecule has 0 amide bonds. The van der Waals surface area contributed by atoms with Crippen LogP contribution in [0.15, 0.2) is 47.0 Å². The van der Waals surface area contributed by atoms with Crippen LogP contribution < -0.4 is 0 Å². The molecule has 4 atom stereocenters. The molecule has 2 aromatic carbocycles. The number of halogens is 2. The Labute approximate surface area is 240 Å². The first-order chi connectivity index (χ1) is 18.7. The average molecular weight is 566 g/mol. The number of nitrogens with zero attached hydrogens (tertiary/aromatic N) is 2. The van der Waals surface area contributed by atoms with Crippen LogP contribution in [0.4, 0.5) is 0 Å². The van der Waals surface area contributed by atoms with Gasteiger partial charge in [-0.2, -0.15) is 0 Å². The molecular formula is C32H34Cl2N2O3. The molecule has 0 radical (unpaired) electrons. The molecule has 3 fully saturated rings. The first-order valence-corrected chi connectivity index (χ1v) is 14.7. The molecule has 1 N–H and O–H groups in total. The summed E-state index contributed by atoms with van der Waals surface area (Å²) in [5.41, 5.74) is 3.07. The summed E-state index contributed by atoms with van der Waals surface area (Å²) in [4.78, 5) is 3.77. The standard InChI is InChI=1S/C32H34Cl2N2O3/c1-31(2,35-3)17-19-6-4-7-21(14-19)32(37)22-12-13-23(32)16-24(15-22)38-18-25-29(36-39-30(25)20-10-11-20)28-26(33)8-5-9-27(28)34/h4-9,14,20,22-24,37H,10-13,15-18H2,1-2H3/t22-,23+,24?,32?. The van der Waals surface area contributed by atoms with Gasteiger partial charge in [-0.15, -0.1) is 0 Å². The van der Waals surface area contributed by atoms with Crippen molar-refractivity contribution < 1.29 is 14.4 Å². The van der Waals surface area contributed by atoms with Crippen molar-refractivity contribution in [2.24, 2.45) is 11.8 Å². The van der Waals surface area contributed by atoms with Crippen molar-refractivity contribution in [1.82, 2.24) is 5.16 Å². The van der Waals surface area contributed by atoms with Crippen LogP contribution in [0.3, 0.4) is 0 Å². The lowest BCUT2D eigenvalue weighted by Crippen LogP contribution is -2.44. The van der Waals surface area contributed by atoms with Gasteiger partial charge in [-0.05, 0) is 73.6 Å². The van der Waals surface area contributed by atoms with Crippen molar-refractivity contribution in [3.05, 3.63) is 86.4 Å². The number of benzene rings is 2. The summed E-state index contributed by atoms with van der Waals surface area (Å²) in [5.74, 6) is 1.52. The van der Waals surface area contributed by atoms with E-state index in [0.29, 0.717) is 40.2 Å². The molecular weight excluding hydrogens is 531 g/mol. The van der Waals surface area contributed by atoms with Crippen LogP contribution in [0.5, 0.6) is 0 Å². The zero-order chi connectivity index (χ0) is 27.4. The van der Waals surface area contributed by atoms with Gasteiger partial charge in [-0.25, -0.2) is 6.57 Å². The Bertz CT molecular complexity index is 1390. The van der Waals surface area contributed by atoms with E-state index in [9.17, 15) is 5.11 Å². The lowest BCUT2D eigenvalue weighted by Gasteiger charge is -2.43. The minimum atomic E-state index is -0.856. The van der Waals surface area contributed by atoms with Gasteiger partial charge in [0.15, 0.2) is 0 Å². The van der Waals surface area contributed by atoms with Gasteiger partial charge in [0, 0.05) is 30.9 Å². The highest BCUT2D eigenvalue weighted by Gasteiger charge is 2.54. The molecule has 0 saturated heterocycles. The minimum absolute atomic E-state index is 0.0449. The largest absolute Gasteiger partial charge is 0.385 e. The predicted molar refractivity (Wildman–Crippen MR) is 153 cm³/mol. The van der Waals surface area contributed by atoms with Gasteiger partial charge in [0.05, 0.1) is 34.8 Å². The SMILES string of the molecule is [C-]#[N+]C(C)(C)Cc1cccc(C2(O)[C@@H]3CC[C@H]2CC(OCc2c(-c4c(Cl)cccc4Cl)noc2C2CC2)C3)c1. The number of hydrogen-bond donors (Lipinski definition) is 1. The van der Waals surface area contributed by atoms with E-state index in [4.69, 9.17) is 39.0 Å². The van der Waals surface area contributed by atoms with E-state index in [0.717, 1.165) is 61.0 Å². The molecule has 3 aromatic rings. The Morgan fingerprint density at radius 2 is 1.74 bits per heavy atom. The Kier molecular flexibility index (Phi) is 7.04. The summed E-state index contributed by atoms with van der Waals surface area (Å²) in [6.45, 7) is 11.8. The number of ether oxygens (including phenoxy) is 1. The summed E-state index contributed by atoms with van der Waals surface area (Å²) >= 11 is 13.1. The highest BCUT2D eigenvalue weighted by Crippen LogP contribution is 2.56. The second kappa shape index (κ2) is 10.2. The van der Waals surface area contributed by atoms with Gasteiger partial charge in [0.1, 0.15) is 11.5 Å². The van der Waals surface area contributed by atoms with Gasteiger partial charge in [-0.1, -0.05) is 58.7 Å². The fraction of sp³-hybridized carbons (Fsp3) is 0.500. The normalized spacial score (nSPS) is 26.5. The first kappa shape index (κ1) is 26.8. The smallest absolute Gasteiger partial charge is 0.231 e. The van der Waals surface area contributed by atoms with Crippen LogP contribution in [0, 0.1) is 18.4 Å². The van der Waals surface area contributed by atoms with Gasteiger partial charge in [-0.3, -0.25) is 0 Å². The second-order valence-corrected chi connectivity index (χ2v) is 13.1.